The van der Waals surface area contributed by atoms with Crippen molar-refractivity contribution in [3.05, 3.63) is 46.7 Å². The van der Waals surface area contributed by atoms with E-state index in [-0.39, 0.29) is 16.6 Å². The highest BCUT2D eigenvalue weighted by molar-refractivity contribution is 6.44. The summed E-state index contributed by atoms with van der Waals surface area (Å²) in [6, 6.07) is 3.72. The second kappa shape index (κ2) is 8.25. The Hall–Kier alpha value is -2.21. The third-order valence-electron chi connectivity index (χ3n) is 4.01. The molecule has 0 aromatic carbocycles. The van der Waals surface area contributed by atoms with E-state index in [4.69, 9.17) is 26.2 Å². The molecule has 0 aliphatic heterocycles. The zero-order valence-corrected chi connectivity index (χ0v) is 15.6. The molecule has 0 bridgehead atoms. The molecule has 1 aliphatic rings. The van der Waals surface area contributed by atoms with Gasteiger partial charge in [-0.1, -0.05) is 18.2 Å². The third-order valence-corrected chi connectivity index (χ3v) is 4.38. The summed E-state index contributed by atoms with van der Waals surface area (Å²) in [5, 5.41) is 11.3. The van der Waals surface area contributed by atoms with E-state index >= 15 is 0 Å². The van der Waals surface area contributed by atoms with Gasteiger partial charge in [-0.15, -0.1) is 0 Å². The highest BCUT2D eigenvalue weighted by Gasteiger charge is 2.28. The van der Waals surface area contributed by atoms with Crippen LogP contribution < -0.4 is 5.32 Å². The first kappa shape index (κ1) is 19.1. The number of likely N-dealkylation sites (N-methyl/N-ethyl adjacent to an activating group) is 1. The lowest BCUT2D eigenvalue weighted by Crippen LogP contribution is -2.33. The summed E-state index contributed by atoms with van der Waals surface area (Å²) in [4.78, 5) is 13.8. The van der Waals surface area contributed by atoms with Crippen molar-refractivity contribution in [1.29, 1.82) is 5.41 Å². The topological polar surface area (TPSA) is 78.6 Å². The average Bonchev–Trinajstić information content (AvgIpc) is 3.38. The van der Waals surface area contributed by atoms with Crippen LogP contribution in [0, 0.1) is 18.3 Å². The maximum atomic E-state index is 12.1. The number of rotatable bonds is 8. The van der Waals surface area contributed by atoms with E-state index in [1.54, 1.807) is 4.90 Å². The van der Waals surface area contributed by atoms with E-state index in [1.807, 2.05) is 26.0 Å². The van der Waals surface area contributed by atoms with Gasteiger partial charge in [-0.3, -0.25) is 5.41 Å². The molecule has 2 N–H and O–H groups in total. The lowest BCUT2D eigenvalue weighted by atomic mass is 10.2. The highest BCUT2D eigenvalue weighted by Crippen LogP contribution is 2.34. The number of aryl methyl sites for hydroxylation is 1. The van der Waals surface area contributed by atoms with Gasteiger partial charge >= 0.3 is 5.97 Å². The normalized spacial score (nSPS) is 14.6. The van der Waals surface area contributed by atoms with Crippen molar-refractivity contribution in [2.75, 3.05) is 13.7 Å². The third kappa shape index (κ3) is 4.89. The van der Waals surface area contributed by atoms with E-state index in [0.29, 0.717) is 19.0 Å². The number of halogens is 1. The fourth-order valence-electron chi connectivity index (χ4n) is 2.36. The fraction of sp³-hybridized carbons (Fsp3) is 0.444. The zero-order chi connectivity index (χ0) is 18.6. The molecule has 1 fully saturated rings. The lowest BCUT2D eigenvalue weighted by molar-refractivity contribution is -0.136. The molecule has 1 saturated carbocycles. The summed E-state index contributed by atoms with van der Waals surface area (Å²) in [7, 11) is 1.28. The minimum atomic E-state index is -0.624. The molecule has 0 atom stereocenters. The van der Waals surface area contributed by atoms with Gasteiger partial charge in [0.2, 0.25) is 0 Å². The van der Waals surface area contributed by atoms with Gasteiger partial charge in [0.25, 0.3) is 0 Å². The molecule has 25 heavy (non-hydrogen) atoms. The number of allylic oxidation sites excluding steroid dienone is 1. The van der Waals surface area contributed by atoms with Gasteiger partial charge in [-0.05, 0) is 44.7 Å². The summed E-state index contributed by atoms with van der Waals surface area (Å²) < 4.78 is 10.4. The van der Waals surface area contributed by atoms with Crippen LogP contribution in [0.5, 0.6) is 0 Å². The van der Waals surface area contributed by atoms with Gasteiger partial charge in [0.1, 0.15) is 28.1 Å². The molecule has 0 unspecified atom stereocenters. The monoisotopic (exact) mass is 365 g/mol. The minimum absolute atomic E-state index is 0.00113. The van der Waals surface area contributed by atoms with Gasteiger partial charge in [-0.2, -0.15) is 0 Å². The van der Waals surface area contributed by atoms with Crippen LogP contribution in [-0.4, -0.2) is 30.4 Å². The summed E-state index contributed by atoms with van der Waals surface area (Å²) >= 11 is 6.36. The number of carbonyl (C=O) groups is 1. The standard InChI is InChI=1S/C18H24ClN3O3/c1-5-22(10-14-9-6-11(2)25-14)17(20)15(19)16(18(23)24-4)21-12(3)13-7-8-13/h6,9,13,20-21H,3,5,7-8,10H2,1-2,4H3. The molecule has 136 valence electrons. The van der Waals surface area contributed by atoms with Crippen LogP contribution in [0.25, 0.3) is 0 Å². The van der Waals surface area contributed by atoms with Crippen LogP contribution in [-0.2, 0) is 16.1 Å². The number of carbonyl (C=O) groups excluding carboxylic acids is 1. The first-order valence-corrected chi connectivity index (χ1v) is 8.58. The molecule has 1 aromatic rings. The predicted molar refractivity (Wildman–Crippen MR) is 97.2 cm³/mol. The second-order valence-electron chi connectivity index (χ2n) is 5.98. The Morgan fingerprint density at radius 2 is 2.20 bits per heavy atom. The molecule has 2 rings (SSSR count). The number of esters is 1. The molecule has 0 spiro atoms. The van der Waals surface area contributed by atoms with Crippen molar-refractivity contribution in [2.45, 2.75) is 33.2 Å². The number of amidine groups is 1. The predicted octanol–water partition coefficient (Wildman–Crippen LogP) is 3.52. The largest absolute Gasteiger partial charge is 0.464 e. The van der Waals surface area contributed by atoms with Crippen LogP contribution in [0.4, 0.5) is 0 Å². The maximum absolute atomic E-state index is 12.1. The van der Waals surface area contributed by atoms with Crippen LogP contribution in [0.2, 0.25) is 0 Å². The summed E-state index contributed by atoms with van der Waals surface area (Å²) in [6.07, 6.45) is 2.07. The Balaban J connectivity index is 2.21. The Bertz CT molecular complexity index is 704. The van der Waals surface area contributed by atoms with E-state index < -0.39 is 5.97 Å². The molecule has 1 aromatic heterocycles. The Labute approximate surface area is 153 Å². The van der Waals surface area contributed by atoms with Crippen molar-refractivity contribution < 1.29 is 13.9 Å². The molecule has 0 radical (unpaired) electrons. The zero-order valence-electron chi connectivity index (χ0n) is 14.8. The van der Waals surface area contributed by atoms with E-state index in [2.05, 4.69) is 11.9 Å². The van der Waals surface area contributed by atoms with Gasteiger partial charge in [-0.25, -0.2) is 4.79 Å². The fourth-order valence-corrected chi connectivity index (χ4v) is 2.60. The van der Waals surface area contributed by atoms with Gasteiger partial charge in [0.05, 0.1) is 13.7 Å². The Kier molecular flexibility index (Phi) is 6.31. The molecule has 7 heteroatoms. The van der Waals surface area contributed by atoms with E-state index in [1.165, 1.54) is 7.11 Å². The van der Waals surface area contributed by atoms with Crippen LogP contribution in [0.1, 0.15) is 31.3 Å². The minimum Gasteiger partial charge on any atom is -0.464 e. The number of furan rings is 1. The Morgan fingerprint density at radius 1 is 1.52 bits per heavy atom. The van der Waals surface area contributed by atoms with Crippen molar-refractivity contribution in [3.63, 3.8) is 0 Å². The Morgan fingerprint density at radius 3 is 2.68 bits per heavy atom. The van der Waals surface area contributed by atoms with Crippen molar-refractivity contribution in [1.82, 2.24) is 10.2 Å². The number of ether oxygens (including phenoxy) is 1. The summed E-state index contributed by atoms with van der Waals surface area (Å²) in [5.41, 5.74) is 0.760. The number of methoxy groups -OCH3 is 1. The van der Waals surface area contributed by atoms with Gasteiger partial charge < -0.3 is 19.4 Å². The molecule has 1 aliphatic carbocycles. The summed E-state index contributed by atoms with van der Waals surface area (Å²) in [6.45, 7) is 8.63. The van der Waals surface area contributed by atoms with E-state index in [0.717, 1.165) is 30.1 Å². The van der Waals surface area contributed by atoms with Gasteiger partial charge in [0, 0.05) is 12.2 Å². The first-order valence-electron chi connectivity index (χ1n) is 8.20. The number of nitrogens with zero attached hydrogens (tertiary/aromatic N) is 1. The first-order chi connectivity index (χ1) is 11.9. The van der Waals surface area contributed by atoms with E-state index in [9.17, 15) is 4.79 Å². The van der Waals surface area contributed by atoms with Crippen LogP contribution in [0.3, 0.4) is 0 Å². The van der Waals surface area contributed by atoms with Gasteiger partial charge in [0.15, 0.2) is 0 Å². The van der Waals surface area contributed by atoms with Crippen LogP contribution >= 0.6 is 11.6 Å². The summed E-state index contributed by atoms with van der Waals surface area (Å²) in [5.74, 6) is 1.27. The van der Waals surface area contributed by atoms with Crippen molar-refractivity contribution >= 4 is 23.4 Å². The smallest absolute Gasteiger partial charge is 0.356 e. The van der Waals surface area contributed by atoms with Crippen molar-refractivity contribution in [2.24, 2.45) is 5.92 Å². The maximum Gasteiger partial charge on any atom is 0.356 e. The molecular weight excluding hydrogens is 342 g/mol. The number of nitrogens with one attached hydrogen (secondary N) is 2. The molecule has 6 nitrogen and oxygen atoms in total. The lowest BCUT2D eigenvalue weighted by Gasteiger charge is -2.23. The number of hydrogen-bond donors (Lipinski definition) is 2. The quantitative estimate of drug-likeness (QED) is 0.319. The second-order valence-corrected chi connectivity index (χ2v) is 6.36. The SMILES string of the molecule is C=C(NC(C(=O)OC)=C(Cl)C(=N)N(CC)Cc1ccc(C)o1)C1CC1. The van der Waals surface area contributed by atoms with Crippen LogP contribution in [0.15, 0.2) is 39.6 Å². The number of hydrogen-bond acceptors (Lipinski definition) is 5. The molecular formula is C18H24ClN3O3. The molecule has 0 amide bonds. The average molecular weight is 366 g/mol. The molecule has 1 heterocycles. The van der Waals surface area contributed by atoms with Crippen molar-refractivity contribution in [3.8, 4) is 0 Å². The highest BCUT2D eigenvalue weighted by atomic mass is 35.5. The molecule has 0 saturated heterocycles.